The maximum atomic E-state index is 13.4. The number of ether oxygens (including phenoxy) is 3. The standard InChI is InChI=1S/C32H41N3O8S2/c36-28(23-42-29-6-3-7-30(19-29)44(37,38)34-26-10-16-41-17-11-26)21-33-27-20-32(43-22-27)12-14-35(15-13-32)45(39,40)31-9-8-24-4-1-2-5-25(24)18-31/h1-9,18-19,26-28,33-34,36H,10-17,20-23H2/t27?,28-/m0/s1. The first-order valence-corrected chi connectivity index (χ1v) is 18.4. The van der Waals surface area contributed by atoms with Crippen molar-refractivity contribution in [3.63, 3.8) is 0 Å². The van der Waals surface area contributed by atoms with Crippen molar-refractivity contribution in [2.24, 2.45) is 0 Å². The SMILES string of the molecule is O=S(=O)(NC1CCOCC1)c1cccc(OC[C@@H](O)CNC2COC3(CCN(S(=O)(=O)c4ccc5ccccc5c4)CC3)C2)c1. The van der Waals surface area contributed by atoms with Gasteiger partial charge in [-0.05, 0) is 67.1 Å². The number of hydrogen-bond donors (Lipinski definition) is 3. The topological polar surface area (TPSA) is 144 Å². The zero-order chi connectivity index (χ0) is 31.5. The van der Waals surface area contributed by atoms with Gasteiger partial charge in [0.05, 0.1) is 22.0 Å². The number of nitrogens with zero attached hydrogens (tertiary/aromatic N) is 1. The van der Waals surface area contributed by atoms with E-state index in [0.29, 0.717) is 69.2 Å². The molecule has 3 N–H and O–H groups in total. The van der Waals surface area contributed by atoms with E-state index in [-0.39, 0.29) is 35.7 Å². The molecule has 2 atom stereocenters. The molecule has 3 aliphatic rings. The Balaban J connectivity index is 0.951. The minimum atomic E-state index is -3.70. The fourth-order valence-corrected chi connectivity index (χ4v) is 9.14. The van der Waals surface area contributed by atoms with Crippen LogP contribution in [0, 0.1) is 0 Å². The molecule has 0 saturated carbocycles. The van der Waals surface area contributed by atoms with Crippen molar-refractivity contribution in [2.75, 3.05) is 46.1 Å². The summed E-state index contributed by atoms with van der Waals surface area (Å²) in [4.78, 5) is 0.420. The van der Waals surface area contributed by atoms with E-state index in [0.717, 1.165) is 17.2 Å². The maximum Gasteiger partial charge on any atom is 0.243 e. The summed E-state index contributed by atoms with van der Waals surface area (Å²) < 4.78 is 74.0. The average molecular weight is 660 g/mol. The van der Waals surface area contributed by atoms with Crippen molar-refractivity contribution in [3.05, 3.63) is 66.7 Å². The highest BCUT2D eigenvalue weighted by Gasteiger charge is 2.44. The van der Waals surface area contributed by atoms with Gasteiger partial charge in [-0.2, -0.15) is 4.31 Å². The van der Waals surface area contributed by atoms with Crippen LogP contribution in [-0.4, -0.2) is 96.1 Å². The number of piperidine rings is 1. The summed E-state index contributed by atoms with van der Waals surface area (Å²) in [6, 6.07) is 19.1. The molecular weight excluding hydrogens is 618 g/mol. The maximum absolute atomic E-state index is 13.4. The van der Waals surface area contributed by atoms with E-state index in [1.165, 1.54) is 12.1 Å². The molecule has 3 fully saturated rings. The van der Waals surface area contributed by atoms with E-state index in [9.17, 15) is 21.9 Å². The second-order valence-electron chi connectivity index (χ2n) is 12.2. The van der Waals surface area contributed by atoms with Crippen LogP contribution in [0.5, 0.6) is 5.75 Å². The summed E-state index contributed by atoms with van der Waals surface area (Å²) in [5.41, 5.74) is -0.390. The zero-order valence-corrected chi connectivity index (χ0v) is 26.8. The molecular formula is C32H41N3O8S2. The fourth-order valence-electron chi connectivity index (χ4n) is 6.32. The van der Waals surface area contributed by atoms with Gasteiger partial charge in [0.25, 0.3) is 0 Å². The molecule has 11 nitrogen and oxygen atoms in total. The predicted octanol–water partition coefficient (Wildman–Crippen LogP) is 2.64. The second kappa shape index (κ2) is 13.6. The average Bonchev–Trinajstić information content (AvgIpc) is 3.45. The molecule has 0 aromatic heterocycles. The van der Waals surface area contributed by atoms with Gasteiger partial charge in [-0.1, -0.05) is 36.4 Å². The molecule has 0 aliphatic carbocycles. The Morgan fingerprint density at radius 1 is 0.911 bits per heavy atom. The minimum absolute atomic E-state index is 0.00972. The molecule has 3 heterocycles. The number of aliphatic hydroxyl groups excluding tert-OH is 1. The van der Waals surface area contributed by atoms with Crippen LogP contribution < -0.4 is 14.8 Å². The van der Waals surface area contributed by atoms with E-state index in [1.807, 2.05) is 30.3 Å². The summed E-state index contributed by atoms with van der Waals surface area (Å²) in [6.07, 6.45) is 2.38. The Bertz CT molecular complexity index is 1690. The summed E-state index contributed by atoms with van der Waals surface area (Å²) in [6.45, 7) is 2.58. The lowest BCUT2D eigenvalue weighted by Crippen LogP contribution is -2.47. The molecule has 3 aromatic rings. The molecule has 0 radical (unpaired) electrons. The van der Waals surface area contributed by atoms with Gasteiger partial charge in [0.2, 0.25) is 20.0 Å². The first-order valence-electron chi connectivity index (χ1n) is 15.5. The number of rotatable bonds is 11. The first kappa shape index (κ1) is 32.3. The van der Waals surface area contributed by atoms with Crippen molar-refractivity contribution < 1.29 is 36.2 Å². The van der Waals surface area contributed by atoms with Crippen LogP contribution in [0.2, 0.25) is 0 Å². The van der Waals surface area contributed by atoms with Gasteiger partial charge in [0.1, 0.15) is 18.5 Å². The van der Waals surface area contributed by atoms with Gasteiger partial charge < -0.3 is 24.6 Å². The summed E-state index contributed by atoms with van der Waals surface area (Å²) >= 11 is 0. The van der Waals surface area contributed by atoms with Crippen LogP contribution in [0.15, 0.2) is 76.5 Å². The van der Waals surface area contributed by atoms with Gasteiger partial charge >= 0.3 is 0 Å². The fraction of sp³-hybridized carbons (Fsp3) is 0.500. The Morgan fingerprint density at radius 2 is 1.67 bits per heavy atom. The number of nitrogens with one attached hydrogen (secondary N) is 2. The van der Waals surface area contributed by atoms with Crippen LogP contribution in [0.4, 0.5) is 0 Å². The minimum Gasteiger partial charge on any atom is -0.491 e. The smallest absolute Gasteiger partial charge is 0.243 e. The van der Waals surface area contributed by atoms with Gasteiger partial charge in [0.15, 0.2) is 0 Å². The van der Waals surface area contributed by atoms with Crippen molar-refractivity contribution in [1.29, 1.82) is 0 Å². The summed E-state index contributed by atoms with van der Waals surface area (Å²) in [5, 5.41) is 15.8. The molecule has 6 rings (SSSR count). The number of sulfonamides is 2. The highest BCUT2D eigenvalue weighted by molar-refractivity contribution is 7.89. The number of fused-ring (bicyclic) bond motifs is 1. The summed E-state index contributed by atoms with van der Waals surface area (Å²) in [5.74, 6) is 0.359. The van der Waals surface area contributed by atoms with Crippen molar-refractivity contribution >= 4 is 30.8 Å². The number of benzene rings is 3. The molecule has 1 unspecified atom stereocenters. The van der Waals surface area contributed by atoms with E-state index in [2.05, 4.69) is 10.0 Å². The predicted molar refractivity (Wildman–Crippen MR) is 169 cm³/mol. The second-order valence-corrected chi connectivity index (χ2v) is 15.8. The van der Waals surface area contributed by atoms with Gasteiger partial charge in [-0.25, -0.2) is 21.6 Å². The molecule has 13 heteroatoms. The molecule has 3 saturated heterocycles. The van der Waals surface area contributed by atoms with E-state index >= 15 is 0 Å². The molecule has 0 bridgehead atoms. The van der Waals surface area contributed by atoms with Crippen molar-refractivity contribution in [3.8, 4) is 5.75 Å². The molecule has 1 spiro atoms. The molecule has 244 valence electrons. The van der Waals surface area contributed by atoms with E-state index in [4.69, 9.17) is 14.2 Å². The van der Waals surface area contributed by atoms with Crippen LogP contribution in [0.3, 0.4) is 0 Å². The van der Waals surface area contributed by atoms with Gasteiger partial charge in [-0.3, -0.25) is 0 Å². The third-order valence-electron chi connectivity index (χ3n) is 8.94. The van der Waals surface area contributed by atoms with Gasteiger partial charge in [-0.15, -0.1) is 0 Å². The quantitative estimate of drug-likeness (QED) is 0.283. The molecule has 3 aliphatic heterocycles. The van der Waals surface area contributed by atoms with Crippen LogP contribution >= 0.6 is 0 Å². The van der Waals surface area contributed by atoms with E-state index in [1.54, 1.807) is 28.6 Å². The first-order chi connectivity index (χ1) is 21.6. The lowest BCUT2D eigenvalue weighted by Gasteiger charge is -2.38. The van der Waals surface area contributed by atoms with E-state index < -0.39 is 26.2 Å². The number of hydrogen-bond acceptors (Lipinski definition) is 9. The Morgan fingerprint density at radius 3 is 2.44 bits per heavy atom. The monoisotopic (exact) mass is 659 g/mol. The van der Waals surface area contributed by atoms with Crippen molar-refractivity contribution in [1.82, 2.24) is 14.3 Å². The highest BCUT2D eigenvalue weighted by atomic mass is 32.2. The van der Waals surface area contributed by atoms with Gasteiger partial charge in [0, 0.05) is 51.0 Å². The van der Waals surface area contributed by atoms with Crippen LogP contribution in [-0.2, 0) is 29.5 Å². The molecule has 0 amide bonds. The van der Waals surface area contributed by atoms with Crippen LogP contribution in [0.1, 0.15) is 32.1 Å². The Kier molecular flexibility index (Phi) is 9.79. The number of aliphatic hydroxyl groups is 1. The zero-order valence-electron chi connectivity index (χ0n) is 25.1. The Labute approximate surface area is 265 Å². The lowest BCUT2D eigenvalue weighted by atomic mass is 9.88. The highest BCUT2D eigenvalue weighted by Crippen LogP contribution is 2.37. The Hall–Kier alpha value is -2.62. The third kappa shape index (κ3) is 7.68. The van der Waals surface area contributed by atoms with Crippen molar-refractivity contribution in [2.45, 2.75) is 65.7 Å². The molecule has 45 heavy (non-hydrogen) atoms. The lowest BCUT2D eigenvalue weighted by molar-refractivity contribution is -0.0312. The van der Waals surface area contributed by atoms with Crippen LogP contribution in [0.25, 0.3) is 10.8 Å². The summed E-state index contributed by atoms with van der Waals surface area (Å²) in [7, 11) is -7.31. The largest absolute Gasteiger partial charge is 0.491 e. The third-order valence-corrected chi connectivity index (χ3v) is 12.4. The molecule has 3 aromatic carbocycles. The normalized spacial score (nSPS) is 22.1.